The molecule has 19 heavy (non-hydrogen) atoms. The lowest BCUT2D eigenvalue weighted by molar-refractivity contribution is 0.0398. The van der Waals surface area contributed by atoms with Gasteiger partial charge in [-0.15, -0.1) is 0 Å². The van der Waals surface area contributed by atoms with Gasteiger partial charge in [0.2, 0.25) is 0 Å². The summed E-state index contributed by atoms with van der Waals surface area (Å²) in [6, 6.07) is 6.40. The summed E-state index contributed by atoms with van der Waals surface area (Å²) in [7, 11) is 0. The standard InChI is InChI=1S/C16H22O3/c1-11-14(7-9-18-11)15(17)4-2-12-3-5-16-13(10-12)6-8-19-16/h3,5,10-11,14-15,17H,2,4,6-9H2,1H3. The average molecular weight is 262 g/mol. The van der Waals surface area contributed by atoms with Crippen molar-refractivity contribution in [1.29, 1.82) is 0 Å². The predicted octanol–water partition coefficient (Wildman–Crippen LogP) is 2.34. The number of aliphatic hydroxyl groups excluding tert-OH is 1. The molecule has 1 aromatic rings. The van der Waals surface area contributed by atoms with Crippen LogP contribution in [0.3, 0.4) is 0 Å². The third-order valence-electron chi connectivity index (χ3n) is 4.41. The van der Waals surface area contributed by atoms with Crippen molar-refractivity contribution in [3.63, 3.8) is 0 Å². The van der Waals surface area contributed by atoms with Gasteiger partial charge in [0.15, 0.2) is 0 Å². The van der Waals surface area contributed by atoms with Crippen molar-refractivity contribution in [2.45, 2.75) is 44.8 Å². The third-order valence-corrected chi connectivity index (χ3v) is 4.41. The van der Waals surface area contributed by atoms with E-state index in [0.717, 1.165) is 44.6 Å². The van der Waals surface area contributed by atoms with Gasteiger partial charge in [-0.25, -0.2) is 0 Å². The van der Waals surface area contributed by atoms with E-state index < -0.39 is 0 Å². The van der Waals surface area contributed by atoms with E-state index in [9.17, 15) is 5.11 Å². The molecule has 104 valence electrons. The van der Waals surface area contributed by atoms with Gasteiger partial charge in [0.25, 0.3) is 0 Å². The Morgan fingerprint density at radius 1 is 1.37 bits per heavy atom. The Bertz CT molecular complexity index is 444. The van der Waals surface area contributed by atoms with Crippen molar-refractivity contribution >= 4 is 0 Å². The second-order valence-electron chi connectivity index (χ2n) is 5.67. The van der Waals surface area contributed by atoms with Crippen LogP contribution in [0.25, 0.3) is 0 Å². The van der Waals surface area contributed by atoms with Crippen molar-refractivity contribution in [2.24, 2.45) is 5.92 Å². The molecule has 0 aromatic heterocycles. The summed E-state index contributed by atoms with van der Waals surface area (Å²) < 4.78 is 11.0. The van der Waals surface area contributed by atoms with Crippen molar-refractivity contribution in [3.05, 3.63) is 29.3 Å². The minimum Gasteiger partial charge on any atom is -0.493 e. The zero-order valence-corrected chi connectivity index (χ0v) is 11.5. The summed E-state index contributed by atoms with van der Waals surface area (Å²) in [5, 5.41) is 10.3. The average Bonchev–Trinajstić information content (AvgIpc) is 3.03. The summed E-state index contributed by atoms with van der Waals surface area (Å²) in [6.07, 6.45) is 3.69. The zero-order valence-electron chi connectivity index (χ0n) is 11.5. The van der Waals surface area contributed by atoms with Gasteiger partial charge in [0.1, 0.15) is 5.75 Å². The highest BCUT2D eigenvalue weighted by molar-refractivity contribution is 5.39. The fraction of sp³-hybridized carbons (Fsp3) is 0.625. The maximum Gasteiger partial charge on any atom is 0.122 e. The number of benzene rings is 1. The number of ether oxygens (including phenoxy) is 2. The molecule has 3 nitrogen and oxygen atoms in total. The van der Waals surface area contributed by atoms with Crippen molar-refractivity contribution in [2.75, 3.05) is 13.2 Å². The van der Waals surface area contributed by atoms with E-state index in [1.807, 2.05) is 0 Å². The van der Waals surface area contributed by atoms with Crippen LogP contribution < -0.4 is 4.74 Å². The molecular weight excluding hydrogens is 240 g/mol. The van der Waals surface area contributed by atoms with E-state index in [1.165, 1.54) is 11.1 Å². The van der Waals surface area contributed by atoms with Gasteiger partial charge in [-0.2, -0.15) is 0 Å². The molecule has 0 radical (unpaired) electrons. The minimum absolute atomic E-state index is 0.198. The first kappa shape index (κ1) is 12.9. The molecule has 3 heteroatoms. The predicted molar refractivity (Wildman–Crippen MR) is 73.5 cm³/mol. The molecular formula is C16H22O3. The molecule has 1 fully saturated rings. The van der Waals surface area contributed by atoms with Crippen molar-refractivity contribution < 1.29 is 14.6 Å². The van der Waals surface area contributed by atoms with Crippen molar-refractivity contribution in [1.82, 2.24) is 0 Å². The van der Waals surface area contributed by atoms with Crippen LogP contribution in [0, 0.1) is 5.92 Å². The van der Waals surface area contributed by atoms with Crippen LogP contribution in [0.2, 0.25) is 0 Å². The van der Waals surface area contributed by atoms with Crippen LogP contribution in [0.4, 0.5) is 0 Å². The largest absolute Gasteiger partial charge is 0.493 e. The summed E-state index contributed by atoms with van der Waals surface area (Å²) in [5.74, 6) is 1.33. The third kappa shape index (κ3) is 2.77. The van der Waals surface area contributed by atoms with Gasteiger partial charge < -0.3 is 14.6 Å². The number of aliphatic hydroxyl groups is 1. The molecule has 1 saturated heterocycles. The first-order valence-corrected chi connectivity index (χ1v) is 7.28. The van der Waals surface area contributed by atoms with E-state index in [2.05, 4.69) is 25.1 Å². The molecule has 3 unspecified atom stereocenters. The van der Waals surface area contributed by atoms with Gasteiger partial charge in [0.05, 0.1) is 18.8 Å². The lowest BCUT2D eigenvalue weighted by Crippen LogP contribution is -2.26. The van der Waals surface area contributed by atoms with Crippen LogP contribution >= 0.6 is 0 Å². The van der Waals surface area contributed by atoms with Gasteiger partial charge >= 0.3 is 0 Å². The topological polar surface area (TPSA) is 38.7 Å². The monoisotopic (exact) mass is 262 g/mol. The maximum atomic E-state index is 10.3. The van der Waals surface area contributed by atoms with Crippen molar-refractivity contribution in [3.8, 4) is 5.75 Å². The molecule has 0 aliphatic carbocycles. The molecule has 1 N–H and O–H groups in total. The summed E-state index contributed by atoms with van der Waals surface area (Å²) in [5.41, 5.74) is 2.61. The van der Waals surface area contributed by atoms with E-state index in [-0.39, 0.29) is 12.2 Å². The Balaban J connectivity index is 1.57. The van der Waals surface area contributed by atoms with E-state index in [4.69, 9.17) is 9.47 Å². The maximum absolute atomic E-state index is 10.3. The Hall–Kier alpha value is -1.06. The fourth-order valence-corrected chi connectivity index (χ4v) is 3.18. The van der Waals surface area contributed by atoms with Crippen LogP contribution in [0.15, 0.2) is 18.2 Å². The number of hydrogen-bond acceptors (Lipinski definition) is 3. The Morgan fingerprint density at radius 3 is 3.05 bits per heavy atom. The molecule has 0 bridgehead atoms. The van der Waals surface area contributed by atoms with E-state index >= 15 is 0 Å². The highest BCUT2D eigenvalue weighted by atomic mass is 16.5. The molecule has 3 rings (SSSR count). The normalized spacial score (nSPS) is 27.1. The molecule has 0 spiro atoms. The van der Waals surface area contributed by atoms with Crippen LogP contribution in [-0.4, -0.2) is 30.5 Å². The molecule has 2 aliphatic heterocycles. The Labute approximate surface area is 114 Å². The molecule has 2 aliphatic rings. The number of fused-ring (bicyclic) bond motifs is 1. The fourth-order valence-electron chi connectivity index (χ4n) is 3.18. The Kier molecular flexibility index (Phi) is 3.76. The second-order valence-corrected chi connectivity index (χ2v) is 5.67. The first-order chi connectivity index (χ1) is 9.24. The zero-order chi connectivity index (χ0) is 13.2. The number of aryl methyl sites for hydroxylation is 1. The summed E-state index contributed by atoms with van der Waals surface area (Å²) >= 11 is 0. The highest BCUT2D eigenvalue weighted by Gasteiger charge is 2.30. The van der Waals surface area contributed by atoms with Gasteiger partial charge in [-0.3, -0.25) is 0 Å². The Morgan fingerprint density at radius 2 is 2.26 bits per heavy atom. The molecule has 0 amide bonds. The van der Waals surface area contributed by atoms with Crippen LogP contribution in [0.1, 0.15) is 30.9 Å². The lowest BCUT2D eigenvalue weighted by Gasteiger charge is -2.20. The second kappa shape index (κ2) is 5.51. The van der Waals surface area contributed by atoms with Gasteiger partial charge in [0, 0.05) is 18.9 Å². The van der Waals surface area contributed by atoms with Gasteiger partial charge in [-0.1, -0.05) is 12.1 Å². The molecule has 1 aromatic carbocycles. The number of rotatable bonds is 4. The lowest BCUT2D eigenvalue weighted by atomic mass is 9.91. The smallest absolute Gasteiger partial charge is 0.122 e. The molecule has 0 saturated carbocycles. The van der Waals surface area contributed by atoms with Crippen LogP contribution in [0.5, 0.6) is 5.75 Å². The highest BCUT2D eigenvalue weighted by Crippen LogP contribution is 2.28. The summed E-state index contributed by atoms with van der Waals surface area (Å²) in [6.45, 7) is 3.66. The summed E-state index contributed by atoms with van der Waals surface area (Å²) in [4.78, 5) is 0. The van der Waals surface area contributed by atoms with E-state index in [0.29, 0.717) is 5.92 Å². The first-order valence-electron chi connectivity index (χ1n) is 7.28. The van der Waals surface area contributed by atoms with Crippen LogP contribution in [-0.2, 0) is 17.6 Å². The number of hydrogen-bond donors (Lipinski definition) is 1. The molecule has 2 heterocycles. The SMILES string of the molecule is CC1OCCC1C(O)CCc1ccc2c(c1)CCO2. The minimum atomic E-state index is -0.248. The van der Waals surface area contributed by atoms with E-state index in [1.54, 1.807) is 0 Å². The molecule has 3 atom stereocenters. The quantitative estimate of drug-likeness (QED) is 0.905. The van der Waals surface area contributed by atoms with Gasteiger partial charge in [-0.05, 0) is 43.4 Å².